The zero-order valence-corrected chi connectivity index (χ0v) is 19.4. The predicted octanol–water partition coefficient (Wildman–Crippen LogP) is 4.46. The van der Waals surface area contributed by atoms with E-state index in [2.05, 4.69) is 15.1 Å². The third-order valence-electron chi connectivity index (χ3n) is 6.71. The Morgan fingerprint density at radius 1 is 1.06 bits per heavy atom. The van der Waals surface area contributed by atoms with Gasteiger partial charge in [0.15, 0.2) is 0 Å². The molecule has 2 heterocycles. The van der Waals surface area contributed by atoms with Crippen molar-refractivity contribution in [2.45, 2.75) is 25.7 Å². The maximum Gasteiger partial charge on any atom is 0.251 e. The van der Waals surface area contributed by atoms with Gasteiger partial charge in [-0.05, 0) is 74.2 Å². The number of rotatable bonds is 6. The number of nitrogens with one attached hydrogen (secondary N) is 1. The first-order chi connectivity index (χ1) is 16.1. The Kier molecular flexibility index (Phi) is 6.47. The van der Waals surface area contributed by atoms with E-state index in [1.165, 1.54) is 17.7 Å². The summed E-state index contributed by atoms with van der Waals surface area (Å²) in [4.78, 5) is 22.1. The van der Waals surface area contributed by atoms with Crippen molar-refractivity contribution >= 4 is 34.1 Å². The molecular formula is C26H28ClFN4O. The summed E-state index contributed by atoms with van der Waals surface area (Å²) in [5.74, 6) is -0.275. The fraction of sp³-hybridized carbons (Fsp3) is 0.385. The molecule has 0 spiro atoms. The Balaban J connectivity index is 1.09. The average Bonchev–Trinajstić information content (AvgIpc) is 3.31. The smallest absolute Gasteiger partial charge is 0.251 e. The average molecular weight is 467 g/mol. The van der Waals surface area contributed by atoms with Crippen LogP contribution >= 0.6 is 11.6 Å². The van der Waals surface area contributed by atoms with Gasteiger partial charge in [0.1, 0.15) is 5.82 Å². The summed E-state index contributed by atoms with van der Waals surface area (Å²) >= 11 is 6.58. The third kappa shape index (κ3) is 4.82. The Morgan fingerprint density at radius 3 is 2.64 bits per heavy atom. The van der Waals surface area contributed by atoms with Crippen molar-refractivity contribution in [3.63, 3.8) is 0 Å². The number of benzene rings is 2. The molecule has 5 nitrogen and oxygen atoms in total. The molecule has 0 radical (unpaired) electrons. The first kappa shape index (κ1) is 22.1. The highest BCUT2D eigenvalue weighted by Crippen LogP contribution is 2.33. The van der Waals surface area contributed by atoms with Gasteiger partial charge < -0.3 is 10.2 Å². The van der Waals surface area contributed by atoms with Gasteiger partial charge in [-0.15, -0.1) is 0 Å². The van der Waals surface area contributed by atoms with E-state index < -0.39 is 0 Å². The quantitative estimate of drug-likeness (QED) is 0.545. The van der Waals surface area contributed by atoms with Crippen LogP contribution in [0.1, 0.15) is 34.5 Å². The Morgan fingerprint density at radius 2 is 1.85 bits per heavy atom. The number of hydrogen-bond donors (Lipinski definition) is 1. The number of anilines is 1. The van der Waals surface area contributed by atoms with E-state index in [1.807, 2.05) is 30.3 Å². The summed E-state index contributed by atoms with van der Waals surface area (Å²) in [7, 11) is 0. The molecule has 1 aliphatic heterocycles. The zero-order chi connectivity index (χ0) is 22.8. The Bertz CT molecular complexity index is 1160. The van der Waals surface area contributed by atoms with E-state index in [0.29, 0.717) is 12.1 Å². The number of carbonyl (C=O) groups is 1. The highest BCUT2D eigenvalue weighted by atomic mass is 35.5. The largest absolute Gasteiger partial charge is 0.369 e. The Labute approximate surface area is 198 Å². The van der Waals surface area contributed by atoms with Gasteiger partial charge in [0.25, 0.3) is 5.91 Å². The van der Waals surface area contributed by atoms with Crippen molar-refractivity contribution < 1.29 is 9.18 Å². The van der Waals surface area contributed by atoms with Gasteiger partial charge in [-0.1, -0.05) is 17.7 Å². The van der Waals surface area contributed by atoms with Gasteiger partial charge in [0.05, 0.1) is 10.5 Å². The maximum atomic E-state index is 13.1. The van der Waals surface area contributed by atoms with Crippen LogP contribution in [-0.2, 0) is 12.8 Å². The number of fused-ring (bicyclic) bond motifs is 2. The second kappa shape index (κ2) is 9.65. The molecule has 33 heavy (non-hydrogen) atoms. The highest BCUT2D eigenvalue weighted by Gasteiger charge is 2.20. The van der Waals surface area contributed by atoms with Crippen molar-refractivity contribution in [3.8, 4) is 0 Å². The molecule has 2 aliphatic rings. The summed E-state index contributed by atoms with van der Waals surface area (Å²) in [6, 6.07) is 12.3. The standard InChI is InChI=1S/C26H28ClFN4O/c27-25-21-3-1-4-23(21)30-24-17-18(5-10-22(24)25)26(33)29-11-2-12-31-13-15-32(16-14-31)20-8-6-19(28)7-9-20/h5-10,17H,1-4,11-16H2,(H,29,33). The number of nitrogens with zero attached hydrogens (tertiary/aromatic N) is 3. The molecule has 0 atom stereocenters. The molecule has 1 aromatic heterocycles. The molecular weight excluding hydrogens is 439 g/mol. The lowest BCUT2D eigenvalue weighted by molar-refractivity contribution is 0.0951. The van der Waals surface area contributed by atoms with Crippen LogP contribution in [0.5, 0.6) is 0 Å². The van der Waals surface area contributed by atoms with Crippen LogP contribution in [0.25, 0.3) is 10.9 Å². The summed E-state index contributed by atoms with van der Waals surface area (Å²) < 4.78 is 13.1. The van der Waals surface area contributed by atoms with Crippen LogP contribution in [0.4, 0.5) is 10.1 Å². The molecule has 1 aliphatic carbocycles. The molecule has 1 amide bonds. The lowest BCUT2D eigenvalue weighted by Gasteiger charge is -2.36. The molecule has 1 saturated heterocycles. The topological polar surface area (TPSA) is 48.5 Å². The number of aromatic nitrogens is 1. The van der Waals surface area contributed by atoms with E-state index in [0.717, 1.165) is 85.7 Å². The molecule has 172 valence electrons. The van der Waals surface area contributed by atoms with Crippen molar-refractivity contribution in [2.75, 3.05) is 44.2 Å². The minimum Gasteiger partial charge on any atom is -0.369 e. The number of aryl methyl sites for hydroxylation is 1. The molecule has 5 rings (SSSR count). The van der Waals surface area contributed by atoms with Crippen LogP contribution in [0.3, 0.4) is 0 Å². The molecule has 1 fully saturated rings. The predicted molar refractivity (Wildman–Crippen MR) is 131 cm³/mol. The summed E-state index contributed by atoms with van der Waals surface area (Å²) in [5, 5.41) is 4.75. The third-order valence-corrected chi connectivity index (χ3v) is 7.14. The highest BCUT2D eigenvalue weighted by molar-refractivity contribution is 6.36. The maximum absolute atomic E-state index is 13.1. The van der Waals surface area contributed by atoms with E-state index in [1.54, 1.807) is 0 Å². The van der Waals surface area contributed by atoms with Gasteiger partial charge in [0, 0.05) is 55.1 Å². The van der Waals surface area contributed by atoms with E-state index >= 15 is 0 Å². The second-order valence-corrected chi connectivity index (χ2v) is 9.23. The molecule has 0 unspecified atom stereocenters. The van der Waals surface area contributed by atoms with Gasteiger partial charge in [0.2, 0.25) is 0 Å². The summed E-state index contributed by atoms with van der Waals surface area (Å²) in [6.07, 6.45) is 3.93. The minimum atomic E-state index is -0.202. The number of carbonyl (C=O) groups excluding carboxylic acids is 1. The number of halogens is 2. The fourth-order valence-corrected chi connectivity index (χ4v) is 5.20. The van der Waals surface area contributed by atoms with Crippen molar-refractivity contribution in [1.29, 1.82) is 0 Å². The number of amides is 1. The van der Waals surface area contributed by atoms with Gasteiger partial charge in [-0.3, -0.25) is 14.7 Å². The van der Waals surface area contributed by atoms with Gasteiger partial charge >= 0.3 is 0 Å². The number of hydrogen-bond acceptors (Lipinski definition) is 4. The van der Waals surface area contributed by atoms with Crippen LogP contribution in [-0.4, -0.2) is 55.1 Å². The van der Waals surface area contributed by atoms with Crippen LogP contribution < -0.4 is 10.2 Å². The molecule has 3 aromatic rings. The number of pyridine rings is 1. The van der Waals surface area contributed by atoms with E-state index in [4.69, 9.17) is 16.6 Å². The van der Waals surface area contributed by atoms with Crippen molar-refractivity contribution in [3.05, 3.63) is 70.1 Å². The summed E-state index contributed by atoms with van der Waals surface area (Å²) in [6.45, 7) is 5.36. The molecule has 7 heteroatoms. The monoisotopic (exact) mass is 466 g/mol. The lowest BCUT2D eigenvalue weighted by Crippen LogP contribution is -2.47. The number of piperazine rings is 1. The van der Waals surface area contributed by atoms with Crippen LogP contribution in [0, 0.1) is 5.82 Å². The zero-order valence-electron chi connectivity index (χ0n) is 18.6. The molecule has 1 N–H and O–H groups in total. The fourth-order valence-electron chi connectivity index (χ4n) is 4.83. The SMILES string of the molecule is O=C(NCCCN1CCN(c2ccc(F)cc2)CC1)c1ccc2c(Cl)c3c(nc2c1)CCC3. The Hall–Kier alpha value is -2.70. The van der Waals surface area contributed by atoms with Crippen molar-refractivity contribution in [2.24, 2.45) is 0 Å². The first-order valence-electron chi connectivity index (χ1n) is 11.7. The second-order valence-electron chi connectivity index (χ2n) is 8.85. The lowest BCUT2D eigenvalue weighted by atomic mass is 10.1. The van der Waals surface area contributed by atoms with Gasteiger partial charge in [-0.2, -0.15) is 0 Å². The van der Waals surface area contributed by atoms with Gasteiger partial charge in [-0.25, -0.2) is 4.39 Å². The van der Waals surface area contributed by atoms with Crippen LogP contribution in [0.15, 0.2) is 42.5 Å². The minimum absolute atomic E-state index is 0.0727. The first-order valence-corrected chi connectivity index (χ1v) is 12.1. The van der Waals surface area contributed by atoms with E-state index in [9.17, 15) is 9.18 Å². The van der Waals surface area contributed by atoms with Crippen molar-refractivity contribution in [1.82, 2.24) is 15.2 Å². The van der Waals surface area contributed by atoms with Crippen LogP contribution in [0.2, 0.25) is 5.02 Å². The molecule has 0 bridgehead atoms. The molecule has 0 saturated carbocycles. The van der Waals surface area contributed by atoms with E-state index in [-0.39, 0.29) is 11.7 Å². The summed E-state index contributed by atoms with van der Waals surface area (Å²) in [5.41, 5.74) is 4.73. The molecule has 2 aromatic carbocycles. The normalized spacial score (nSPS) is 16.2.